The first-order chi connectivity index (χ1) is 7.38. The highest BCUT2D eigenvalue weighted by molar-refractivity contribution is 6.16. The molecule has 15 heavy (non-hydrogen) atoms. The van der Waals surface area contributed by atoms with E-state index in [0.29, 0.717) is 5.88 Å². The van der Waals surface area contributed by atoms with Gasteiger partial charge in [0.05, 0.1) is 11.6 Å². The van der Waals surface area contributed by atoms with Crippen molar-refractivity contribution in [3.63, 3.8) is 0 Å². The van der Waals surface area contributed by atoms with E-state index in [2.05, 4.69) is 17.3 Å². The fourth-order valence-corrected chi connectivity index (χ4v) is 1.58. The molecular weight excluding hydrogens is 210 g/mol. The second kappa shape index (κ2) is 4.99. The third-order valence-corrected chi connectivity index (χ3v) is 2.52. The zero-order chi connectivity index (χ0) is 10.5. The molecule has 2 nitrogen and oxygen atoms in total. The monoisotopic (exact) mass is 221 g/mol. The minimum atomic E-state index is 0.387. The van der Waals surface area contributed by atoms with Crippen LogP contribution in [0, 0.1) is 0 Å². The number of hydrogen-bond donors (Lipinski definition) is 0. The summed E-state index contributed by atoms with van der Waals surface area (Å²) >= 11 is 5.62. The summed E-state index contributed by atoms with van der Waals surface area (Å²) < 4.78 is 5.02. The number of nitrogens with zero attached hydrogens (tertiary/aromatic N) is 1. The molecule has 0 saturated carbocycles. The fourth-order valence-electron chi connectivity index (χ4n) is 1.45. The van der Waals surface area contributed by atoms with Gasteiger partial charge in [0.25, 0.3) is 0 Å². The van der Waals surface area contributed by atoms with Crippen LogP contribution in [0.1, 0.15) is 17.0 Å². The Morgan fingerprint density at radius 1 is 1.13 bits per heavy atom. The van der Waals surface area contributed by atoms with Crippen LogP contribution in [0.15, 0.2) is 40.9 Å². The minimum Gasteiger partial charge on any atom is -0.360 e. The number of hydrogen-bond acceptors (Lipinski definition) is 2. The quantitative estimate of drug-likeness (QED) is 0.741. The van der Waals surface area contributed by atoms with Crippen LogP contribution in [0.5, 0.6) is 0 Å². The minimum absolute atomic E-state index is 0.387. The molecule has 0 spiro atoms. The molecule has 1 aromatic carbocycles. The summed E-state index contributed by atoms with van der Waals surface area (Å²) in [6.07, 6.45) is 1.87. The van der Waals surface area contributed by atoms with Crippen molar-refractivity contribution in [2.45, 2.75) is 18.7 Å². The molecule has 0 N–H and O–H groups in total. The molecule has 1 heterocycles. The number of benzene rings is 1. The zero-order valence-corrected chi connectivity index (χ0v) is 9.07. The Morgan fingerprint density at radius 3 is 2.60 bits per heavy atom. The van der Waals surface area contributed by atoms with Crippen molar-refractivity contribution in [3.05, 3.63) is 53.4 Å². The predicted molar refractivity (Wildman–Crippen MR) is 59.9 cm³/mol. The van der Waals surface area contributed by atoms with Crippen molar-refractivity contribution in [2.24, 2.45) is 0 Å². The maximum atomic E-state index is 5.62. The van der Waals surface area contributed by atoms with E-state index in [0.717, 1.165) is 24.3 Å². The number of aromatic nitrogens is 1. The van der Waals surface area contributed by atoms with Gasteiger partial charge >= 0.3 is 0 Å². The molecule has 0 radical (unpaired) electrons. The lowest BCUT2D eigenvalue weighted by Crippen LogP contribution is -1.90. The summed E-state index contributed by atoms with van der Waals surface area (Å²) in [5, 5.41) is 3.94. The molecule has 2 aromatic rings. The summed E-state index contributed by atoms with van der Waals surface area (Å²) in [5.41, 5.74) is 2.28. The van der Waals surface area contributed by atoms with Crippen LogP contribution in [-0.2, 0) is 18.7 Å². The molecule has 0 aliphatic heterocycles. The molecule has 1 aromatic heterocycles. The maximum absolute atomic E-state index is 5.62. The lowest BCUT2D eigenvalue weighted by atomic mass is 10.1. The first-order valence-corrected chi connectivity index (χ1v) is 5.46. The van der Waals surface area contributed by atoms with Crippen molar-refractivity contribution in [3.8, 4) is 0 Å². The van der Waals surface area contributed by atoms with Gasteiger partial charge in [-0.05, 0) is 18.4 Å². The van der Waals surface area contributed by atoms with Gasteiger partial charge in [0, 0.05) is 6.07 Å². The number of halogens is 1. The molecule has 0 bridgehead atoms. The van der Waals surface area contributed by atoms with Gasteiger partial charge in [0.2, 0.25) is 0 Å². The maximum Gasteiger partial charge on any atom is 0.151 e. The Morgan fingerprint density at radius 2 is 1.93 bits per heavy atom. The van der Waals surface area contributed by atoms with Crippen LogP contribution in [0.4, 0.5) is 0 Å². The Balaban J connectivity index is 1.93. The number of alkyl halides is 1. The van der Waals surface area contributed by atoms with Gasteiger partial charge in [-0.15, -0.1) is 11.6 Å². The Hall–Kier alpha value is -1.28. The third-order valence-electron chi connectivity index (χ3n) is 2.25. The van der Waals surface area contributed by atoms with E-state index in [9.17, 15) is 0 Å². The van der Waals surface area contributed by atoms with E-state index in [1.807, 2.05) is 24.3 Å². The van der Waals surface area contributed by atoms with Crippen molar-refractivity contribution in [2.75, 3.05) is 0 Å². The summed E-state index contributed by atoms with van der Waals surface area (Å²) in [6.45, 7) is 0. The van der Waals surface area contributed by atoms with Crippen LogP contribution < -0.4 is 0 Å². The second-order valence-electron chi connectivity index (χ2n) is 3.40. The number of rotatable bonds is 4. The van der Waals surface area contributed by atoms with Crippen molar-refractivity contribution in [1.29, 1.82) is 0 Å². The molecule has 2 rings (SSSR count). The highest BCUT2D eigenvalue weighted by Crippen LogP contribution is 2.09. The average molecular weight is 222 g/mol. The van der Waals surface area contributed by atoms with E-state index >= 15 is 0 Å². The van der Waals surface area contributed by atoms with E-state index in [1.165, 1.54) is 5.56 Å². The van der Waals surface area contributed by atoms with Crippen molar-refractivity contribution >= 4 is 11.6 Å². The van der Waals surface area contributed by atoms with Gasteiger partial charge < -0.3 is 4.52 Å². The average Bonchev–Trinajstić information content (AvgIpc) is 2.76. The molecule has 0 aliphatic rings. The van der Waals surface area contributed by atoms with Crippen LogP contribution in [0.25, 0.3) is 0 Å². The van der Waals surface area contributed by atoms with Gasteiger partial charge in [0.1, 0.15) is 0 Å². The van der Waals surface area contributed by atoms with Gasteiger partial charge in [-0.1, -0.05) is 35.5 Å². The lowest BCUT2D eigenvalue weighted by molar-refractivity contribution is 0.387. The summed E-state index contributed by atoms with van der Waals surface area (Å²) in [4.78, 5) is 0. The SMILES string of the molecule is ClCc1cc(CCc2ccccc2)no1. The van der Waals surface area contributed by atoms with Crippen LogP contribution in [0.3, 0.4) is 0 Å². The molecule has 78 valence electrons. The van der Waals surface area contributed by atoms with E-state index < -0.39 is 0 Å². The van der Waals surface area contributed by atoms with Crippen LogP contribution in [-0.4, -0.2) is 5.16 Å². The van der Waals surface area contributed by atoms with Crippen molar-refractivity contribution < 1.29 is 4.52 Å². The Labute approximate surface area is 93.9 Å². The molecule has 0 amide bonds. The summed E-state index contributed by atoms with van der Waals surface area (Å²) in [5.74, 6) is 1.12. The van der Waals surface area contributed by atoms with Crippen LogP contribution >= 0.6 is 11.6 Å². The first kappa shape index (κ1) is 10.2. The summed E-state index contributed by atoms with van der Waals surface area (Å²) in [6, 6.07) is 12.2. The van der Waals surface area contributed by atoms with Gasteiger partial charge in [-0.3, -0.25) is 0 Å². The van der Waals surface area contributed by atoms with E-state index in [1.54, 1.807) is 0 Å². The highest BCUT2D eigenvalue weighted by atomic mass is 35.5. The Kier molecular flexibility index (Phi) is 3.41. The largest absolute Gasteiger partial charge is 0.360 e. The summed E-state index contributed by atoms with van der Waals surface area (Å²) in [7, 11) is 0. The normalized spacial score (nSPS) is 10.5. The van der Waals surface area contributed by atoms with Gasteiger partial charge in [-0.2, -0.15) is 0 Å². The first-order valence-electron chi connectivity index (χ1n) is 4.93. The second-order valence-corrected chi connectivity index (χ2v) is 3.67. The fraction of sp³-hybridized carbons (Fsp3) is 0.250. The zero-order valence-electron chi connectivity index (χ0n) is 8.32. The number of aryl methyl sites for hydroxylation is 2. The van der Waals surface area contributed by atoms with Crippen LogP contribution in [0.2, 0.25) is 0 Å². The van der Waals surface area contributed by atoms with E-state index in [-0.39, 0.29) is 0 Å². The molecular formula is C12H12ClNO. The van der Waals surface area contributed by atoms with Gasteiger partial charge in [-0.25, -0.2) is 0 Å². The Bertz CT molecular complexity index is 411. The lowest BCUT2D eigenvalue weighted by Gasteiger charge is -1.96. The molecule has 0 saturated heterocycles. The van der Waals surface area contributed by atoms with Gasteiger partial charge in [0.15, 0.2) is 5.76 Å². The highest BCUT2D eigenvalue weighted by Gasteiger charge is 2.02. The molecule has 3 heteroatoms. The standard InChI is InChI=1S/C12H12ClNO/c13-9-12-8-11(14-15-12)7-6-10-4-2-1-3-5-10/h1-5,8H,6-7,9H2. The molecule has 0 unspecified atom stereocenters. The van der Waals surface area contributed by atoms with E-state index in [4.69, 9.17) is 16.1 Å². The predicted octanol–water partition coefficient (Wildman–Crippen LogP) is 3.20. The third kappa shape index (κ3) is 2.83. The smallest absolute Gasteiger partial charge is 0.151 e. The molecule has 0 fully saturated rings. The molecule has 0 atom stereocenters. The molecule has 0 aliphatic carbocycles. The van der Waals surface area contributed by atoms with Crippen molar-refractivity contribution in [1.82, 2.24) is 5.16 Å². The topological polar surface area (TPSA) is 26.0 Å².